The standard InChI is InChI=1S/C9H7ClN2OS/c10-7-3-1-6(2-4-7)9-12-11-8(5-14)13-9/h1-4,14H,5H2. The summed E-state index contributed by atoms with van der Waals surface area (Å²) in [6, 6.07) is 7.22. The molecule has 0 amide bonds. The Hall–Kier alpha value is -1.00. The van der Waals surface area contributed by atoms with Crippen molar-refractivity contribution in [2.75, 3.05) is 0 Å². The second-order valence-corrected chi connectivity index (χ2v) is 3.42. The van der Waals surface area contributed by atoms with E-state index in [0.717, 1.165) is 5.56 Å². The summed E-state index contributed by atoms with van der Waals surface area (Å²) < 4.78 is 5.32. The van der Waals surface area contributed by atoms with Crippen LogP contribution in [0.3, 0.4) is 0 Å². The Balaban J connectivity index is 2.34. The zero-order valence-corrected chi connectivity index (χ0v) is 8.79. The first-order chi connectivity index (χ1) is 6.79. The van der Waals surface area contributed by atoms with Gasteiger partial charge in [0.1, 0.15) is 0 Å². The summed E-state index contributed by atoms with van der Waals surface area (Å²) in [7, 11) is 0. The largest absolute Gasteiger partial charge is 0.420 e. The van der Waals surface area contributed by atoms with Gasteiger partial charge in [-0.25, -0.2) is 0 Å². The molecule has 0 atom stereocenters. The minimum absolute atomic E-state index is 0.445. The van der Waals surface area contributed by atoms with E-state index in [9.17, 15) is 0 Å². The van der Waals surface area contributed by atoms with Gasteiger partial charge in [-0.1, -0.05) is 11.6 Å². The van der Waals surface area contributed by atoms with E-state index >= 15 is 0 Å². The lowest BCUT2D eigenvalue weighted by Gasteiger charge is -1.93. The van der Waals surface area contributed by atoms with Crippen LogP contribution in [0.5, 0.6) is 0 Å². The average molecular weight is 227 g/mol. The Morgan fingerprint density at radius 2 is 1.93 bits per heavy atom. The SMILES string of the molecule is SCc1nnc(-c2ccc(Cl)cc2)o1. The number of thiol groups is 1. The highest BCUT2D eigenvalue weighted by molar-refractivity contribution is 7.79. The lowest BCUT2D eigenvalue weighted by atomic mass is 10.2. The molecule has 2 rings (SSSR count). The van der Waals surface area contributed by atoms with Crippen LogP contribution in [0.1, 0.15) is 5.89 Å². The average Bonchev–Trinajstić information content (AvgIpc) is 2.67. The molecule has 3 nitrogen and oxygen atoms in total. The highest BCUT2D eigenvalue weighted by atomic mass is 35.5. The van der Waals surface area contributed by atoms with Crippen molar-refractivity contribution in [1.29, 1.82) is 0 Å². The van der Waals surface area contributed by atoms with Gasteiger partial charge < -0.3 is 4.42 Å². The molecule has 14 heavy (non-hydrogen) atoms. The van der Waals surface area contributed by atoms with E-state index < -0.39 is 0 Å². The topological polar surface area (TPSA) is 38.9 Å². The van der Waals surface area contributed by atoms with Gasteiger partial charge in [-0.2, -0.15) is 12.6 Å². The van der Waals surface area contributed by atoms with Crippen molar-refractivity contribution in [3.63, 3.8) is 0 Å². The summed E-state index contributed by atoms with van der Waals surface area (Å²) in [5, 5.41) is 8.37. The van der Waals surface area contributed by atoms with Gasteiger partial charge in [0.25, 0.3) is 0 Å². The van der Waals surface area contributed by atoms with Crippen molar-refractivity contribution >= 4 is 24.2 Å². The van der Waals surface area contributed by atoms with Crippen LogP contribution in [0.4, 0.5) is 0 Å². The van der Waals surface area contributed by atoms with Gasteiger partial charge >= 0.3 is 0 Å². The van der Waals surface area contributed by atoms with E-state index in [1.807, 2.05) is 12.1 Å². The van der Waals surface area contributed by atoms with E-state index in [-0.39, 0.29) is 0 Å². The van der Waals surface area contributed by atoms with Crippen molar-refractivity contribution < 1.29 is 4.42 Å². The van der Waals surface area contributed by atoms with Crippen molar-refractivity contribution in [3.05, 3.63) is 35.2 Å². The summed E-state index contributed by atoms with van der Waals surface area (Å²) >= 11 is 9.79. The van der Waals surface area contributed by atoms with E-state index in [1.165, 1.54) is 0 Å². The molecule has 0 spiro atoms. The molecule has 0 fully saturated rings. The van der Waals surface area contributed by atoms with Crippen LogP contribution in [0.2, 0.25) is 5.02 Å². The smallest absolute Gasteiger partial charge is 0.247 e. The molecule has 0 bridgehead atoms. The zero-order chi connectivity index (χ0) is 9.97. The predicted octanol–water partition coefficient (Wildman–Crippen LogP) is 2.82. The van der Waals surface area contributed by atoms with Crippen LogP contribution in [0, 0.1) is 0 Å². The van der Waals surface area contributed by atoms with Crippen molar-refractivity contribution in [2.45, 2.75) is 5.75 Å². The van der Waals surface area contributed by atoms with Crippen LogP contribution in [0.25, 0.3) is 11.5 Å². The molecule has 0 saturated heterocycles. The highest BCUT2D eigenvalue weighted by Gasteiger charge is 2.06. The van der Waals surface area contributed by atoms with Gasteiger partial charge in [-0.3, -0.25) is 0 Å². The number of aromatic nitrogens is 2. The fourth-order valence-corrected chi connectivity index (χ4v) is 1.28. The second-order valence-electron chi connectivity index (χ2n) is 2.67. The summed E-state index contributed by atoms with van der Waals surface area (Å²) in [4.78, 5) is 0. The first-order valence-electron chi connectivity index (χ1n) is 3.99. The number of nitrogens with zero attached hydrogens (tertiary/aromatic N) is 2. The molecule has 1 aromatic heterocycles. The van der Waals surface area contributed by atoms with Crippen LogP contribution >= 0.6 is 24.2 Å². The van der Waals surface area contributed by atoms with Crippen LogP contribution < -0.4 is 0 Å². The zero-order valence-electron chi connectivity index (χ0n) is 7.14. The predicted molar refractivity (Wildman–Crippen MR) is 57.4 cm³/mol. The Bertz CT molecular complexity index is 427. The third-order valence-electron chi connectivity index (χ3n) is 1.69. The van der Waals surface area contributed by atoms with Gasteiger partial charge in [-0.05, 0) is 24.3 Å². The minimum Gasteiger partial charge on any atom is -0.420 e. The maximum absolute atomic E-state index is 5.75. The number of hydrogen-bond acceptors (Lipinski definition) is 4. The fraction of sp³-hybridized carbons (Fsp3) is 0.111. The quantitative estimate of drug-likeness (QED) is 0.801. The lowest BCUT2D eigenvalue weighted by Crippen LogP contribution is -1.76. The van der Waals surface area contributed by atoms with E-state index in [0.29, 0.717) is 22.6 Å². The molecule has 0 N–H and O–H groups in total. The molecule has 1 heterocycles. The normalized spacial score (nSPS) is 10.4. The third-order valence-corrected chi connectivity index (χ3v) is 2.22. The minimum atomic E-state index is 0.445. The number of halogens is 1. The highest BCUT2D eigenvalue weighted by Crippen LogP contribution is 2.20. The van der Waals surface area contributed by atoms with E-state index in [2.05, 4.69) is 22.8 Å². The molecule has 0 unspecified atom stereocenters. The summed E-state index contributed by atoms with van der Waals surface area (Å²) in [5.41, 5.74) is 0.856. The lowest BCUT2D eigenvalue weighted by molar-refractivity contribution is 0.529. The maximum Gasteiger partial charge on any atom is 0.247 e. The van der Waals surface area contributed by atoms with Gasteiger partial charge in [0, 0.05) is 10.6 Å². The Kier molecular flexibility index (Phi) is 2.74. The molecular weight excluding hydrogens is 220 g/mol. The third kappa shape index (κ3) is 1.91. The molecule has 2 aromatic rings. The first-order valence-corrected chi connectivity index (χ1v) is 5.00. The molecule has 0 saturated carbocycles. The molecule has 72 valence electrons. The summed E-state index contributed by atoms with van der Waals surface area (Å²) in [6.07, 6.45) is 0. The Labute approximate surface area is 91.5 Å². The number of benzene rings is 1. The molecule has 0 aliphatic heterocycles. The molecule has 1 aromatic carbocycles. The summed E-state index contributed by atoms with van der Waals surface area (Å²) in [5.74, 6) is 1.45. The fourth-order valence-electron chi connectivity index (χ4n) is 1.03. The van der Waals surface area contributed by atoms with Crippen molar-refractivity contribution in [2.24, 2.45) is 0 Å². The Morgan fingerprint density at radius 3 is 2.50 bits per heavy atom. The van der Waals surface area contributed by atoms with Gasteiger partial charge in [0.15, 0.2) is 0 Å². The van der Waals surface area contributed by atoms with Gasteiger partial charge in [0.2, 0.25) is 11.8 Å². The van der Waals surface area contributed by atoms with Gasteiger partial charge in [-0.15, -0.1) is 10.2 Å². The Morgan fingerprint density at radius 1 is 1.21 bits per heavy atom. The molecule has 0 radical (unpaired) electrons. The second kappa shape index (κ2) is 4.02. The molecule has 5 heteroatoms. The molecular formula is C9H7ClN2OS. The van der Waals surface area contributed by atoms with Crippen LogP contribution in [0.15, 0.2) is 28.7 Å². The van der Waals surface area contributed by atoms with Crippen molar-refractivity contribution in [3.8, 4) is 11.5 Å². The number of hydrogen-bond donors (Lipinski definition) is 1. The van der Waals surface area contributed by atoms with Crippen LogP contribution in [-0.2, 0) is 5.75 Å². The monoisotopic (exact) mass is 226 g/mol. The summed E-state index contributed by atoms with van der Waals surface area (Å²) in [6.45, 7) is 0. The van der Waals surface area contributed by atoms with Crippen LogP contribution in [-0.4, -0.2) is 10.2 Å². The first kappa shape index (κ1) is 9.55. The van der Waals surface area contributed by atoms with Gasteiger partial charge in [0.05, 0.1) is 5.75 Å². The number of rotatable bonds is 2. The van der Waals surface area contributed by atoms with E-state index in [4.69, 9.17) is 16.0 Å². The molecule has 0 aliphatic rings. The molecule has 0 aliphatic carbocycles. The van der Waals surface area contributed by atoms with Crippen molar-refractivity contribution in [1.82, 2.24) is 10.2 Å². The maximum atomic E-state index is 5.75. The van der Waals surface area contributed by atoms with E-state index in [1.54, 1.807) is 12.1 Å².